The van der Waals surface area contributed by atoms with E-state index in [0.717, 1.165) is 28.6 Å². The first-order chi connectivity index (χ1) is 15.5. The second-order valence-electron chi connectivity index (χ2n) is 7.18. The first kappa shape index (κ1) is 21.1. The number of hydrogen-bond acceptors (Lipinski definition) is 7. The van der Waals surface area contributed by atoms with Crippen molar-refractivity contribution >= 4 is 18.0 Å². The summed E-state index contributed by atoms with van der Waals surface area (Å²) in [7, 11) is 1.17. The van der Waals surface area contributed by atoms with Gasteiger partial charge in [0.15, 0.2) is 12.1 Å². The number of carboxylic acid groups (broad SMARTS) is 1. The fraction of sp³-hybridized carbons (Fsp3) is 0.217. The van der Waals surface area contributed by atoms with Gasteiger partial charge in [0.1, 0.15) is 18.4 Å². The van der Waals surface area contributed by atoms with Crippen LogP contribution >= 0.6 is 0 Å². The first-order valence-corrected chi connectivity index (χ1v) is 9.84. The molecule has 1 heterocycles. The maximum absolute atomic E-state index is 12.4. The highest BCUT2D eigenvalue weighted by Crippen LogP contribution is 2.44. The summed E-state index contributed by atoms with van der Waals surface area (Å²) in [6.07, 6.45) is -0.184. The fourth-order valence-corrected chi connectivity index (χ4v) is 3.85. The highest BCUT2D eigenvalue weighted by Gasteiger charge is 2.30. The zero-order valence-corrected chi connectivity index (χ0v) is 17.1. The number of ether oxygens (including phenoxy) is 2. The molecule has 1 aliphatic carbocycles. The van der Waals surface area contributed by atoms with Crippen LogP contribution in [0.1, 0.15) is 33.3 Å². The van der Waals surface area contributed by atoms with Crippen molar-refractivity contribution in [1.82, 2.24) is 10.3 Å². The summed E-state index contributed by atoms with van der Waals surface area (Å²) >= 11 is 0. The number of carboxylic acids is 1. The summed E-state index contributed by atoms with van der Waals surface area (Å²) < 4.78 is 15.1. The topological polar surface area (TPSA) is 128 Å². The summed E-state index contributed by atoms with van der Waals surface area (Å²) in [6, 6.07) is 14.4. The molecule has 32 heavy (non-hydrogen) atoms. The van der Waals surface area contributed by atoms with Crippen molar-refractivity contribution in [2.24, 2.45) is 0 Å². The van der Waals surface area contributed by atoms with Crippen molar-refractivity contribution in [3.8, 4) is 11.1 Å². The van der Waals surface area contributed by atoms with Crippen molar-refractivity contribution in [2.45, 2.75) is 18.4 Å². The Morgan fingerprint density at radius 3 is 2.31 bits per heavy atom. The van der Waals surface area contributed by atoms with E-state index in [4.69, 9.17) is 9.15 Å². The van der Waals surface area contributed by atoms with Gasteiger partial charge in [-0.2, -0.15) is 0 Å². The van der Waals surface area contributed by atoms with Gasteiger partial charge in [0.05, 0.1) is 7.11 Å². The molecule has 9 heteroatoms. The normalized spacial score (nSPS) is 13.0. The van der Waals surface area contributed by atoms with Crippen LogP contribution in [0.4, 0.5) is 4.79 Å². The third-order valence-corrected chi connectivity index (χ3v) is 5.34. The van der Waals surface area contributed by atoms with Crippen LogP contribution in [0.5, 0.6) is 0 Å². The number of hydrogen-bond donors (Lipinski definition) is 2. The van der Waals surface area contributed by atoms with Crippen LogP contribution < -0.4 is 5.32 Å². The number of rotatable bonds is 7. The van der Waals surface area contributed by atoms with Gasteiger partial charge >= 0.3 is 18.0 Å². The Bertz CT molecular complexity index is 1120. The van der Waals surface area contributed by atoms with Gasteiger partial charge in [-0.15, -0.1) is 0 Å². The van der Waals surface area contributed by atoms with E-state index in [-0.39, 0.29) is 30.4 Å². The Morgan fingerprint density at radius 2 is 1.72 bits per heavy atom. The molecule has 0 fully saturated rings. The number of methoxy groups -OCH3 is 1. The van der Waals surface area contributed by atoms with Crippen molar-refractivity contribution in [3.63, 3.8) is 0 Å². The van der Waals surface area contributed by atoms with Crippen molar-refractivity contribution in [3.05, 3.63) is 77.5 Å². The first-order valence-electron chi connectivity index (χ1n) is 9.84. The molecule has 2 aromatic carbocycles. The van der Waals surface area contributed by atoms with Crippen LogP contribution in [0.3, 0.4) is 0 Å². The molecule has 9 nitrogen and oxygen atoms in total. The third kappa shape index (κ3) is 4.04. The van der Waals surface area contributed by atoms with Gasteiger partial charge in [0.2, 0.25) is 0 Å². The molecule has 1 amide bonds. The van der Waals surface area contributed by atoms with Gasteiger partial charge in [-0.3, -0.25) is 0 Å². The molecule has 0 spiro atoms. The molecule has 4 rings (SSSR count). The number of aromatic nitrogens is 1. The minimum absolute atomic E-state index is 0.0109. The number of carbonyl (C=O) groups is 3. The SMILES string of the molecule is COC(=O)c1ncoc1C[C@H](NC(=O)OCC1c2ccccc2-c2ccccc21)C(=O)O. The molecular formula is C23H20N2O7. The summed E-state index contributed by atoms with van der Waals surface area (Å²) in [6.45, 7) is 0.0436. The van der Waals surface area contributed by atoms with Gasteiger partial charge in [0.25, 0.3) is 0 Å². The van der Waals surface area contributed by atoms with E-state index in [1.165, 1.54) is 7.11 Å². The quantitative estimate of drug-likeness (QED) is 0.541. The standard InChI is InChI=1S/C23H20N2O7/c1-30-22(28)20-19(32-12-24-20)10-18(21(26)27)25-23(29)31-11-17-15-8-4-2-6-13(15)14-7-3-5-9-16(14)17/h2-9,12,17-18H,10-11H2,1H3,(H,25,29)(H,26,27)/t18-/m0/s1. The summed E-state index contributed by atoms with van der Waals surface area (Å²) in [5, 5.41) is 11.8. The minimum atomic E-state index is -1.39. The molecule has 0 aliphatic heterocycles. The number of amides is 1. The Hall–Kier alpha value is -4.14. The lowest BCUT2D eigenvalue weighted by atomic mass is 9.98. The predicted molar refractivity (Wildman–Crippen MR) is 111 cm³/mol. The number of esters is 1. The molecule has 1 aliphatic rings. The van der Waals surface area contributed by atoms with Crippen LogP contribution in [0.25, 0.3) is 11.1 Å². The average Bonchev–Trinajstić information content (AvgIpc) is 3.39. The maximum Gasteiger partial charge on any atom is 0.407 e. The van der Waals surface area contributed by atoms with E-state index in [9.17, 15) is 19.5 Å². The van der Waals surface area contributed by atoms with E-state index in [0.29, 0.717) is 0 Å². The third-order valence-electron chi connectivity index (χ3n) is 5.34. The van der Waals surface area contributed by atoms with E-state index < -0.39 is 24.1 Å². The number of oxazole rings is 1. The average molecular weight is 436 g/mol. The zero-order valence-electron chi connectivity index (χ0n) is 17.1. The van der Waals surface area contributed by atoms with E-state index in [1.807, 2.05) is 48.5 Å². The molecule has 2 N–H and O–H groups in total. The van der Waals surface area contributed by atoms with Gasteiger partial charge in [-0.25, -0.2) is 19.4 Å². The Morgan fingerprint density at radius 1 is 1.09 bits per heavy atom. The van der Waals surface area contributed by atoms with Gasteiger partial charge in [-0.1, -0.05) is 48.5 Å². The molecule has 164 valence electrons. The van der Waals surface area contributed by atoms with Crippen LogP contribution in [-0.4, -0.2) is 47.9 Å². The molecular weight excluding hydrogens is 416 g/mol. The van der Waals surface area contributed by atoms with E-state index >= 15 is 0 Å². The largest absolute Gasteiger partial charge is 0.480 e. The van der Waals surface area contributed by atoms with Crippen molar-refractivity contribution in [2.75, 3.05) is 13.7 Å². The van der Waals surface area contributed by atoms with Gasteiger partial charge < -0.3 is 24.3 Å². The van der Waals surface area contributed by atoms with Crippen molar-refractivity contribution < 1.29 is 33.4 Å². The number of benzene rings is 2. The Labute approximate surface area is 183 Å². The molecule has 0 radical (unpaired) electrons. The summed E-state index contributed by atoms with van der Waals surface area (Å²) in [5.41, 5.74) is 4.11. The molecule has 3 aromatic rings. The molecule has 0 saturated carbocycles. The maximum atomic E-state index is 12.4. The number of nitrogens with one attached hydrogen (secondary N) is 1. The molecule has 0 saturated heterocycles. The van der Waals surface area contributed by atoms with E-state index in [1.54, 1.807) is 0 Å². The zero-order chi connectivity index (χ0) is 22.7. The minimum Gasteiger partial charge on any atom is -0.480 e. The van der Waals surface area contributed by atoms with Crippen molar-refractivity contribution in [1.29, 1.82) is 0 Å². The lowest BCUT2D eigenvalue weighted by Gasteiger charge is -2.17. The van der Waals surface area contributed by atoms with E-state index in [2.05, 4.69) is 15.0 Å². The number of aliphatic carboxylic acids is 1. The number of nitrogens with zero attached hydrogens (tertiary/aromatic N) is 1. The lowest BCUT2D eigenvalue weighted by molar-refractivity contribution is -0.139. The lowest BCUT2D eigenvalue weighted by Crippen LogP contribution is -2.43. The fourth-order valence-electron chi connectivity index (χ4n) is 3.85. The highest BCUT2D eigenvalue weighted by molar-refractivity contribution is 5.88. The molecule has 1 atom stereocenters. The Kier molecular flexibility index (Phi) is 5.89. The molecule has 0 bridgehead atoms. The van der Waals surface area contributed by atoms with Crippen LogP contribution in [0, 0.1) is 0 Å². The second-order valence-corrected chi connectivity index (χ2v) is 7.18. The molecule has 0 unspecified atom stereocenters. The monoisotopic (exact) mass is 436 g/mol. The van der Waals surface area contributed by atoms with Gasteiger partial charge in [0, 0.05) is 12.3 Å². The number of fused-ring (bicyclic) bond motifs is 3. The summed E-state index contributed by atoms with van der Waals surface area (Å²) in [5.74, 6) is -2.25. The number of carbonyl (C=O) groups excluding carboxylic acids is 2. The Balaban J connectivity index is 1.44. The second kappa shape index (κ2) is 8.93. The van der Waals surface area contributed by atoms with Crippen LogP contribution in [0.2, 0.25) is 0 Å². The van der Waals surface area contributed by atoms with Crippen LogP contribution in [0.15, 0.2) is 59.3 Å². The van der Waals surface area contributed by atoms with Gasteiger partial charge in [-0.05, 0) is 22.3 Å². The summed E-state index contributed by atoms with van der Waals surface area (Å²) in [4.78, 5) is 39.5. The van der Waals surface area contributed by atoms with Crippen LogP contribution in [-0.2, 0) is 20.7 Å². The smallest absolute Gasteiger partial charge is 0.407 e. The molecule has 1 aromatic heterocycles. The highest BCUT2D eigenvalue weighted by atomic mass is 16.5. The predicted octanol–water partition coefficient (Wildman–Crippen LogP) is 3.00. The number of alkyl carbamates (subject to hydrolysis) is 1.